The molecule has 2 aromatic rings. The maximum absolute atomic E-state index is 13.2. The fourth-order valence-electron chi connectivity index (χ4n) is 1.88. The molecule has 1 amide bonds. The van der Waals surface area contributed by atoms with Gasteiger partial charge >= 0.3 is 5.69 Å². The third-order valence-electron chi connectivity index (χ3n) is 3.04. The zero-order chi connectivity index (χ0) is 17.7. The predicted octanol–water partition coefficient (Wildman–Crippen LogP) is 2.95. The molecule has 1 N–H and O–H groups in total. The molecule has 24 heavy (non-hydrogen) atoms. The molecule has 0 radical (unpaired) electrons. The number of ether oxygens (including phenoxy) is 1. The molecular weight excluding hydrogens is 319 g/mol. The molecule has 0 spiro atoms. The highest BCUT2D eigenvalue weighted by Gasteiger charge is 2.15. The van der Waals surface area contributed by atoms with Crippen LogP contribution in [-0.2, 0) is 4.79 Å². The Hall–Kier alpha value is -3.29. The van der Waals surface area contributed by atoms with Gasteiger partial charge in [-0.15, -0.1) is 0 Å². The highest BCUT2D eigenvalue weighted by molar-refractivity contribution is 5.94. The molecular formula is C16H13FN2O5. The Morgan fingerprint density at radius 2 is 2.00 bits per heavy atom. The Balaban J connectivity index is 1.99. The van der Waals surface area contributed by atoms with Gasteiger partial charge in [0.05, 0.1) is 4.92 Å². The van der Waals surface area contributed by atoms with Crippen molar-refractivity contribution < 1.29 is 23.6 Å². The molecule has 0 aliphatic carbocycles. The molecule has 0 aliphatic rings. The van der Waals surface area contributed by atoms with Crippen LogP contribution >= 0.6 is 0 Å². The van der Waals surface area contributed by atoms with E-state index in [2.05, 4.69) is 5.32 Å². The van der Waals surface area contributed by atoms with Crippen LogP contribution in [0.4, 0.5) is 15.8 Å². The van der Waals surface area contributed by atoms with E-state index in [1.807, 2.05) is 0 Å². The molecule has 0 heterocycles. The smallest absolute Gasteiger partial charge is 0.306 e. The van der Waals surface area contributed by atoms with E-state index in [-0.39, 0.29) is 18.1 Å². The first-order valence-electron chi connectivity index (χ1n) is 6.84. The molecule has 0 atom stereocenters. The summed E-state index contributed by atoms with van der Waals surface area (Å²) >= 11 is 0. The molecule has 8 heteroatoms. The lowest BCUT2D eigenvalue weighted by atomic mass is 10.1. The molecule has 0 saturated carbocycles. The van der Waals surface area contributed by atoms with Gasteiger partial charge in [0.15, 0.2) is 12.4 Å². The van der Waals surface area contributed by atoms with E-state index in [1.54, 1.807) is 18.2 Å². The molecule has 2 aromatic carbocycles. The number of carbonyl (C=O) groups is 2. The largest absolute Gasteiger partial charge is 0.484 e. The first kappa shape index (κ1) is 17.1. The van der Waals surface area contributed by atoms with Gasteiger partial charge in [0.25, 0.3) is 5.91 Å². The number of halogens is 1. The van der Waals surface area contributed by atoms with E-state index in [1.165, 1.54) is 19.1 Å². The van der Waals surface area contributed by atoms with Crippen molar-refractivity contribution in [2.45, 2.75) is 6.92 Å². The van der Waals surface area contributed by atoms with Gasteiger partial charge in [0.1, 0.15) is 5.75 Å². The van der Waals surface area contributed by atoms with Crippen LogP contribution in [0.15, 0.2) is 42.5 Å². The standard InChI is InChI=1S/C16H13FN2O5/c1-10(20)11-3-2-4-13(7-11)24-9-16(21)18-12-5-6-14(17)15(8-12)19(22)23/h2-8H,9H2,1H3,(H,18,21). The van der Waals surface area contributed by atoms with E-state index in [0.29, 0.717) is 11.3 Å². The maximum Gasteiger partial charge on any atom is 0.306 e. The Morgan fingerprint density at radius 3 is 2.67 bits per heavy atom. The second kappa shape index (κ2) is 7.32. The van der Waals surface area contributed by atoms with Crippen molar-refractivity contribution in [3.8, 4) is 5.75 Å². The summed E-state index contributed by atoms with van der Waals surface area (Å²) in [5.74, 6) is -1.37. The van der Waals surface area contributed by atoms with Crippen LogP contribution in [0.1, 0.15) is 17.3 Å². The van der Waals surface area contributed by atoms with E-state index in [9.17, 15) is 24.1 Å². The lowest BCUT2D eigenvalue weighted by molar-refractivity contribution is -0.387. The van der Waals surface area contributed by atoms with Gasteiger partial charge < -0.3 is 10.1 Å². The monoisotopic (exact) mass is 332 g/mol. The van der Waals surface area contributed by atoms with Gasteiger partial charge in [-0.05, 0) is 31.2 Å². The average Bonchev–Trinajstić information content (AvgIpc) is 2.54. The second-order valence-corrected chi connectivity index (χ2v) is 4.84. The summed E-state index contributed by atoms with van der Waals surface area (Å²) in [7, 11) is 0. The minimum absolute atomic E-state index is 0.0780. The Kier molecular flexibility index (Phi) is 5.20. The average molecular weight is 332 g/mol. The molecule has 7 nitrogen and oxygen atoms in total. The summed E-state index contributed by atoms with van der Waals surface area (Å²) in [6.45, 7) is 1.04. The predicted molar refractivity (Wildman–Crippen MR) is 83.6 cm³/mol. The second-order valence-electron chi connectivity index (χ2n) is 4.84. The van der Waals surface area contributed by atoms with Crippen molar-refractivity contribution >= 4 is 23.1 Å². The molecule has 0 aliphatic heterocycles. The molecule has 2 rings (SSSR count). The van der Waals surface area contributed by atoms with Crippen molar-refractivity contribution in [2.24, 2.45) is 0 Å². The third kappa shape index (κ3) is 4.35. The normalized spacial score (nSPS) is 10.1. The SMILES string of the molecule is CC(=O)c1cccc(OCC(=O)Nc2ccc(F)c([N+](=O)[O-])c2)c1. The highest BCUT2D eigenvalue weighted by Crippen LogP contribution is 2.21. The van der Waals surface area contributed by atoms with E-state index in [0.717, 1.165) is 12.1 Å². The number of anilines is 1. The number of carbonyl (C=O) groups excluding carboxylic acids is 2. The number of nitrogens with one attached hydrogen (secondary N) is 1. The van der Waals surface area contributed by atoms with Gasteiger partial charge in [-0.2, -0.15) is 4.39 Å². The van der Waals surface area contributed by atoms with E-state index in [4.69, 9.17) is 4.74 Å². The van der Waals surface area contributed by atoms with Gasteiger partial charge in [0.2, 0.25) is 5.82 Å². The van der Waals surface area contributed by atoms with Crippen molar-refractivity contribution in [2.75, 3.05) is 11.9 Å². The summed E-state index contributed by atoms with van der Waals surface area (Å²) in [5, 5.41) is 13.0. The van der Waals surface area contributed by atoms with Crippen LogP contribution in [0.5, 0.6) is 5.75 Å². The van der Waals surface area contributed by atoms with Crippen LogP contribution in [0.25, 0.3) is 0 Å². The first-order valence-corrected chi connectivity index (χ1v) is 6.84. The van der Waals surface area contributed by atoms with Crippen molar-refractivity contribution in [3.05, 3.63) is 64.0 Å². The summed E-state index contributed by atoms with van der Waals surface area (Å²) in [4.78, 5) is 32.9. The number of nitro benzene ring substituents is 1. The Labute approximate surface area is 136 Å². The minimum Gasteiger partial charge on any atom is -0.484 e. The van der Waals surface area contributed by atoms with Crippen LogP contribution in [0.3, 0.4) is 0 Å². The molecule has 124 valence electrons. The highest BCUT2D eigenvalue weighted by atomic mass is 19.1. The van der Waals surface area contributed by atoms with Crippen LogP contribution < -0.4 is 10.1 Å². The van der Waals surface area contributed by atoms with Gasteiger partial charge in [-0.1, -0.05) is 12.1 Å². The van der Waals surface area contributed by atoms with Crippen molar-refractivity contribution in [3.63, 3.8) is 0 Å². The topological polar surface area (TPSA) is 98.5 Å². The molecule has 0 unspecified atom stereocenters. The number of benzene rings is 2. The van der Waals surface area contributed by atoms with Gasteiger partial charge in [-0.3, -0.25) is 19.7 Å². The number of nitro groups is 1. The number of hydrogen-bond donors (Lipinski definition) is 1. The summed E-state index contributed by atoms with van der Waals surface area (Å²) in [6, 6.07) is 9.34. The van der Waals surface area contributed by atoms with Crippen LogP contribution in [0.2, 0.25) is 0 Å². The van der Waals surface area contributed by atoms with E-state index >= 15 is 0 Å². The number of Topliss-reactive ketones (excluding diaryl/α,β-unsaturated/α-hetero) is 1. The maximum atomic E-state index is 13.2. The zero-order valence-electron chi connectivity index (χ0n) is 12.6. The molecule has 0 fully saturated rings. The number of amides is 1. The van der Waals surface area contributed by atoms with Crippen LogP contribution in [-0.4, -0.2) is 23.2 Å². The fraction of sp³-hybridized carbons (Fsp3) is 0.125. The minimum atomic E-state index is -0.990. The van der Waals surface area contributed by atoms with Crippen molar-refractivity contribution in [1.29, 1.82) is 0 Å². The Morgan fingerprint density at radius 1 is 1.25 bits per heavy atom. The number of hydrogen-bond acceptors (Lipinski definition) is 5. The van der Waals surface area contributed by atoms with E-state index < -0.39 is 22.3 Å². The van der Waals surface area contributed by atoms with Gasteiger partial charge in [-0.25, -0.2) is 0 Å². The summed E-state index contributed by atoms with van der Waals surface area (Å²) in [5.41, 5.74) is -0.209. The summed E-state index contributed by atoms with van der Waals surface area (Å²) < 4.78 is 18.5. The molecule has 0 saturated heterocycles. The van der Waals surface area contributed by atoms with Crippen molar-refractivity contribution in [1.82, 2.24) is 0 Å². The van der Waals surface area contributed by atoms with Crippen LogP contribution in [0, 0.1) is 15.9 Å². The quantitative estimate of drug-likeness (QED) is 0.498. The molecule has 0 aromatic heterocycles. The Bertz CT molecular complexity index is 807. The lowest BCUT2D eigenvalue weighted by Crippen LogP contribution is -2.20. The number of ketones is 1. The zero-order valence-corrected chi connectivity index (χ0v) is 12.6. The number of nitrogens with zero attached hydrogens (tertiary/aromatic N) is 1. The fourth-order valence-corrected chi connectivity index (χ4v) is 1.88. The molecule has 0 bridgehead atoms. The summed E-state index contributed by atoms with van der Waals surface area (Å²) in [6.07, 6.45) is 0. The lowest BCUT2D eigenvalue weighted by Gasteiger charge is -2.08. The first-order chi connectivity index (χ1) is 11.4. The number of rotatable bonds is 6. The third-order valence-corrected chi connectivity index (χ3v) is 3.04. The van der Waals surface area contributed by atoms with Gasteiger partial charge in [0, 0.05) is 17.3 Å².